The Morgan fingerprint density at radius 3 is 2.87 bits per heavy atom. The van der Waals surface area contributed by atoms with Crippen LogP contribution in [0.2, 0.25) is 0 Å². The van der Waals surface area contributed by atoms with E-state index in [0.29, 0.717) is 13.2 Å². The predicted octanol–water partition coefficient (Wildman–Crippen LogP) is 2.48. The van der Waals surface area contributed by atoms with E-state index in [0.717, 1.165) is 25.2 Å². The third-order valence-electron chi connectivity index (χ3n) is 3.09. The van der Waals surface area contributed by atoms with Crippen molar-refractivity contribution in [3.05, 3.63) is 29.3 Å². The molecule has 0 N–H and O–H groups in total. The Kier molecular flexibility index (Phi) is 2.15. The Morgan fingerprint density at radius 1 is 1.27 bits per heavy atom. The van der Waals surface area contributed by atoms with Crippen LogP contribution >= 0.6 is 11.6 Å². The summed E-state index contributed by atoms with van der Waals surface area (Å²) >= 11 is 6.41. The van der Waals surface area contributed by atoms with Crippen LogP contribution in [0.15, 0.2) is 18.2 Å². The summed E-state index contributed by atoms with van der Waals surface area (Å²) in [6, 6.07) is 6.26. The van der Waals surface area contributed by atoms with Gasteiger partial charge in [0.2, 0.25) is 0 Å². The first-order valence-corrected chi connectivity index (χ1v) is 5.69. The minimum absolute atomic E-state index is 0.285. The van der Waals surface area contributed by atoms with Crippen LogP contribution in [-0.2, 0) is 16.0 Å². The van der Waals surface area contributed by atoms with Crippen molar-refractivity contribution < 1.29 is 9.47 Å². The van der Waals surface area contributed by atoms with Crippen LogP contribution in [0.3, 0.4) is 0 Å². The maximum Gasteiger partial charge on any atom is 0.122 e. The van der Waals surface area contributed by atoms with Crippen molar-refractivity contribution in [1.29, 1.82) is 0 Å². The van der Waals surface area contributed by atoms with Gasteiger partial charge in [-0.05, 0) is 30.0 Å². The van der Waals surface area contributed by atoms with E-state index in [1.54, 1.807) is 0 Å². The molecule has 0 saturated carbocycles. The molecular formula is C12H13ClO2. The second-order valence-electron chi connectivity index (χ2n) is 4.23. The lowest BCUT2D eigenvalue weighted by atomic mass is 9.93. The predicted molar refractivity (Wildman–Crippen MR) is 58.6 cm³/mol. The molecule has 0 amide bonds. The highest BCUT2D eigenvalue weighted by Crippen LogP contribution is 2.39. The molecule has 2 heterocycles. The zero-order valence-electron chi connectivity index (χ0n) is 8.46. The minimum Gasteiger partial charge on any atom is -0.493 e. The van der Waals surface area contributed by atoms with Gasteiger partial charge in [0.05, 0.1) is 19.8 Å². The molecule has 1 saturated heterocycles. The molecule has 0 radical (unpaired) electrons. The lowest BCUT2D eigenvalue weighted by Crippen LogP contribution is -2.41. The fraction of sp³-hybridized carbons (Fsp3) is 0.500. The van der Waals surface area contributed by atoms with E-state index in [9.17, 15) is 0 Å². The SMILES string of the molecule is ClC1(c2ccc3c(c2)CCCO3)COC1. The van der Waals surface area contributed by atoms with Gasteiger partial charge in [-0.15, -0.1) is 11.6 Å². The molecule has 1 fully saturated rings. The summed E-state index contributed by atoms with van der Waals surface area (Å²) < 4.78 is 10.7. The molecule has 2 nitrogen and oxygen atoms in total. The van der Waals surface area contributed by atoms with Crippen LogP contribution in [0, 0.1) is 0 Å². The maximum absolute atomic E-state index is 6.41. The first-order chi connectivity index (χ1) is 7.28. The van der Waals surface area contributed by atoms with E-state index in [2.05, 4.69) is 12.1 Å². The molecule has 0 aliphatic carbocycles. The molecule has 1 aromatic rings. The summed E-state index contributed by atoms with van der Waals surface area (Å²) in [7, 11) is 0. The normalized spacial score (nSPS) is 22.5. The second kappa shape index (κ2) is 3.39. The van der Waals surface area contributed by atoms with E-state index in [1.807, 2.05) is 6.07 Å². The van der Waals surface area contributed by atoms with Crippen molar-refractivity contribution in [2.75, 3.05) is 19.8 Å². The van der Waals surface area contributed by atoms with Crippen molar-refractivity contribution >= 4 is 11.6 Å². The zero-order chi connectivity index (χ0) is 10.3. The number of hydrogen-bond acceptors (Lipinski definition) is 2. The molecular weight excluding hydrogens is 212 g/mol. The Bertz CT molecular complexity index is 385. The van der Waals surface area contributed by atoms with Crippen LogP contribution < -0.4 is 4.74 Å². The molecule has 80 valence electrons. The summed E-state index contributed by atoms with van der Waals surface area (Å²) in [5.41, 5.74) is 2.45. The lowest BCUT2D eigenvalue weighted by molar-refractivity contribution is -0.0152. The van der Waals surface area contributed by atoms with Gasteiger partial charge in [0.25, 0.3) is 0 Å². The number of fused-ring (bicyclic) bond motifs is 1. The number of benzene rings is 1. The Hall–Kier alpha value is -0.730. The van der Waals surface area contributed by atoms with Crippen molar-refractivity contribution in [1.82, 2.24) is 0 Å². The summed E-state index contributed by atoms with van der Waals surface area (Å²) in [5, 5.41) is 0. The number of rotatable bonds is 1. The van der Waals surface area contributed by atoms with Crippen LogP contribution in [0.4, 0.5) is 0 Å². The van der Waals surface area contributed by atoms with Gasteiger partial charge < -0.3 is 9.47 Å². The molecule has 0 unspecified atom stereocenters. The third kappa shape index (κ3) is 1.52. The summed E-state index contributed by atoms with van der Waals surface area (Å²) in [6.45, 7) is 2.07. The van der Waals surface area contributed by atoms with Gasteiger partial charge in [-0.2, -0.15) is 0 Å². The van der Waals surface area contributed by atoms with Crippen LogP contribution in [-0.4, -0.2) is 19.8 Å². The van der Waals surface area contributed by atoms with E-state index in [4.69, 9.17) is 21.1 Å². The van der Waals surface area contributed by atoms with Crippen LogP contribution in [0.5, 0.6) is 5.75 Å². The first kappa shape index (κ1) is 9.49. The number of halogens is 1. The largest absolute Gasteiger partial charge is 0.493 e. The molecule has 0 atom stereocenters. The third-order valence-corrected chi connectivity index (χ3v) is 3.52. The van der Waals surface area contributed by atoms with Crippen molar-refractivity contribution in [3.8, 4) is 5.75 Å². The van der Waals surface area contributed by atoms with Crippen LogP contribution in [0.25, 0.3) is 0 Å². The number of aryl methyl sites for hydroxylation is 1. The maximum atomic E-state index is 6.41. The highest BCUT2D eigenvalue weighted by molar-refractivity contribution is 6.24. The van der Waals surface area contributed by atoms with E-state index >= 15 is 0 Å². The quantitative estimate of drug-likeness (QED) is 0.683. The lowest BCUT2D eigenvalue weighted by Gasteiger charge is -2.36. The van der Waals surface area contributed by atoms with Crippen LogP contribution in [0.1, 0.15) is 17.5 Å². The van der Waals surface area contributed by atoms with Crippen molar-refractivity contribution in [2.24, 2.45) is 0 Å². The standard InChI is InChI=1S/C12H13ClO2/c13-12(7-14-8-12)10-3-4-11-9(6-10)2-1-5-15-11/h3-4,6H,1-2,5,7-8H2. The van der Waals surface area contributed by atoms with Crippen molar-refractivity contribution in [2.45, 2.75) is 17.7 Å². The number of hydrogen-bond donors (Lipinski definition) is 0. The van der Waals surface area contributed by atoms with Gasteiger partial charge >= 0.3 is 0 Å². The molecule has 2 aliphatic rings. The molecule has 2 aliphatic heterocycles. The number of ether oxygens (including phenoxy) is 2. The Labute approximate surface area is 94.1 Å². The topological polar surface area (TPSA) is 18.5 Å². The fourth-order valence-electron chi connectivity index (χ4n) is 2.09. The van der Waals surface area contributed by atoms with Crippen molar-refractivity contribution in [3.63, 3.8) is 0 Å². The Balaban J connectivity index is 1.97. The highest BCUT2D eigenvalue weighted by atomic mass is 35.5. The molecule has 0 spiro atoms. The molecule has 15 heavy (non-hydrogen) atoms. The Morgan fingerprint density at radius 2 is 2.13 bits per heavy atom. The van der Waals surface area contributed by atoms with E-state index < -0.39 is 0 Å². The minimum atomic E-state index is -0.285. The van der Waals surface area contributed by atoms with Gasteiger partial charge in [-0.3, -0.25) is 0 Å². The van der Waals surface area contributed by atoms with Gasteiger partial charge in [0, 0.05) is 0 Å². The first-order valence-electron chi connectivity index (χ1n) is 5.31. The van der Waals surface area contributed by atoms with Gasteiger partial charge in [0.1, 0.15) is 10.6 Å². The van der Waals surface area contributed by atoms with Gasteiger partial charge in [0.15, 0.2) is 0 Å². The molecule has 1 aromatic carbocycles. The molecule has 0 bridgehead atoms. The number of alkyl halides is 1. The summed E-state index contributed by atoms with van der Waals surface area (Å²) in [4.78, 5) is -0.285. The monoisotopic (exact) mass is 224 g/mol. The summed E-state index contributed by atoms with van der Waals surface area (Å²) in [6.07, 6.45) is 2.19. The average molecular weight is 225 g/mol. The second-order valence-corrected chi connectivity index (χ2v) is 4.96. The molecule has 0 aromatic heterocycles. The van der Waals surface area contributed by atoms with Gasteiger partial charge in [-0.1, -0.05) is 12.1 Å². The molecule has 3 rings (SSSR count). The highest BCUT2D eigenvalue weighted by Gasteiger charge is 2.38. The zero-order valence-corrected chi connectivity index (χ0v) is 9.22. The fourth-order valence-corrected chi connectivity index (χ4v) is 2.36. The van der Waals surface area contributed by atoms with Gasteiger partial charge in [-0.25, -0.2) is 0 Å². The molecule has 3 heteroatoms. The average Bonchev–Trinajstić information content (AvgIpc) is 2.25. The smallest absolute Gasteiger partial charge is 0.122 e. The van der Waals surface area contributed by atoms with E-state index in [1.165, 1.54) is 11.1 Å². The van der Waals surface area contributed by atoms with E-state index in [-0.39, 0.29) is 4.87 Å². The summed E-state index contributed by atoms with van der Waals surface area (Å²) in [5.74, 6) is 1.02.